The highest BCUT2D eigenvalue weighted by molar-refractivity contribution is 4.63. The lowest BCUT2D eigenvalue weighted by Crippen LogP contribution is -2.30. The van der Waals surface area contributed by atoms with E-state index in [2.05, 4.69) is 0 Å². The SMILES string of the molecule is CC1CC(CF)OCO1. The van der Waals surface area contributed by atoms with Crippen molar-refractivity contribution >= 4 is 0 Å². The molecule has 0 aromatic rings. The molecule has 9 heavy (non-hydrogen) atoms. The van der Waals surface area contributed by atoms with Crippen LogP contribution in [0.3, 0.4) is 0 Å². The van der Waals surface area contributed by atoms with Crippen LogP contribution < -0.4 is 0 Å². The number of ether oxygens (including phenoxy) is 2. The second-order valence-electron chi connectivity index (χ2n) is 2.27. The second kappa shape index (κ2) is 3.13. The van der Waals surface area contributed by atoms with E-state index in [1.165, 1.54) is 0 Å². The molecule has 0 amide bonds. The van der Waals surface area contributed by atoms with Crippen molar-refractivity contribution in [1.82, 2.24) is 0 Å². The topological polar surface area (TPSA) is 18.5 Å². The Bertz CT molecular complexity index is 87.1. The van der Waals surface area contributed by atoms with Crippen LogP contribution in [0.2, 0.25) is 0 Å². The van der Waals surface area contributed by atoms with Crippen LogP contribution in [-0.4, -0.2) is 25.7 Å². The normalized spacial score (nSPS) is 36.7. The van der Waals surface area contributed by atoms with E-state index in [1.54, 1.807) is 0 Å². The van der Waals surface area contributed by atoms with Gasteiger partial charge in [-0.25, -0.2) is 4.39 Å². The lowest BCUT2D eigenvalue weighted by Gasteiger charge is -2.25. The van der Waals surface area contributed by atoms with Gasteiger partial charge in [-0.15, -0.1) is 0 Å². The molecule has 0 aromatic heterocycles. The van der Waals surface area contributed by atoms with E-state index >= 15 is 0 Å². The number of rotatable bonds is 1. The van der Waals surface area contributed by atoms with Gasteiger partial charge in [0.05, 0.1) is 12.2 Å². The third-order valence-electron chi connectivity index (χ3n) is 1.42. The Morgan fingerprint density at radius 1 is 1.56 bits per heavy atom. The van der Waals surface area contributed by atoms with Gasteiger partial charge >= 0.3 is 0 Å². The monoisotopic (exact) mass is 134 g/mol. The van der Waals surface area contributed by atoms with Gasteiger partial charge in [0.15, 0.2) is 0 Å². The van der Waals surface area contributed by atoms with Crippen molar-refractivity contribution in [2.75, 3.05) is 13.5 Å². The first-order valence-corrected chi connectivity index (χ1v) is 3.12. The Morgan fingerprint density at radius 3 is 2.78 bits per heavy atom. The van der Waals surface area contributed by atoms with Crippen molar-refractivity contribution in [2.24, 2.45) is 0 Å². The third-order valence-corrected chi connectivity index (χ3v) is 1.42. The molecule has 1 fully saturated rings. The molecule has 54 valence electrons. The van der Waals surface area contributed by atoms with E-state index in [0.29, 0.717) is 6.42 Å². The zero-order chi connectivity index (χ0) is 6.69. The van der Waals surface area contributed by atoms with Gasteiger partial charge in [-0.3, -0.25) is 0 Å². The Balaban J connectivity index is 2.23. The Hall–Kier alpha value is -0.150. The van der Waals surface area contributed by atoms with Crippen molar-refractivity contribution in [3.63, 3.8) is 0 Å². The molecule has 0 aromatic carbocycles. The molecule has 1 saturated heterocycles. The van der Waals surface area contributed by atoms with Crippen LogP contribution in [0, 0.1) is 0 Å². The molecule has 1 aliphatic rings. The van der Waals surface area contributed by atoms with Gasteiger partial charge in [0.2, 0.25) is 0 Å². The molecule has 0 spiro atoms. The third kappa shape index (κ3) is 1.91. The Labute approximate surface area is 54.0 Å². The van der Waals surface area contributed by atoms with Crippen LogP contribution in [0.1, 0.15) is 13.3 Å². The summed E-state index contributed by atoms with van der Waals surface area (Å²) in [5.74, 6) is 0. The van der Waals surface area contributed by atoms with Crippen molar-refractivity contribution in [3.8, 4) is 0 Å². The summed E-state index contributed by atoms with van der Waals surface area (Å²) in [5, 5.41) is 0. The minimum atomic E-state index is -0.395. The highest BCUT2D eigenvalue weighted by Gasteiger charge is 2.18. The van der Waals surface area contributed by atoms with Crippen LogP contribution >= 0.6 is 0 Å². The van der Waals surface area contributed by atoms with E-state index in [4.69, 9.17) is 9.47 Å². The predicted molar refractivity (Wildman–Crippen MR) is 30.9 cm³/mol. The summed E-state index contributed by atoms with van der Waals surface area (Å²) >= 11 is 0. The average molecular weight is 134 g/mol. The number of hydrogen-bond donors (Lipinski definition) is 0. The van der Waals surface area contributed by atoms with Crippen LogP contribution in [0.5, 0.6) is 0 Å². The lowest BCUT2D eigenvalue weighted by molar-refractivity contribution is -0.173. The molecule has 2 atom stereocenters. The second-order valence-corrected chi connectivity index (χ2v) is 2.27. The van der Waals surface area contributed by atoms with Crippen molar-refractivity contribution < 1.29 is 13.9 Å². The molecule has 0 radical (unpaired) electrons. The van der Waals surface area contributed by atoms with Crippen molar-refractivity contribution in [2.45, 2.75) is 25.6 Å². The molecule has 1 rings (SSSR count). The van der Waals surface area contributed by atoms with Crippen molar-refractivity contribution in [1.29, 1.82) is 0 Å². The lowest BCUT2D eigenvalue weighted by atomic mass is 10.2. The smallest absolute Gasteiger partial charge is 0.147 e. The fourth-order valence-corrected chi connectivity index (χ4v) is 0.865. The highest BCUT2D eigenvalue weighted by Crippen LogP contribution is 2.12. The number of halogens is 1. The van der Waals surface area contributed by atoms with Gasteiger partial charge < -0.3 is 9.47 Å². The van der Waals surface area contributed by atoms with Crippen molar-refractivity contribution in [3.05, 3.63) is 0 Å². The fourth-order valence-electron chi connectivity index (χ4n) is 0.865. The van der Waals surface area contributed by atoms with Crippen LogP contribution in [0.4, 0.5) is 4.39 Å². The molecule has 0 bridgehead atoms. The Morgan fingerprint density at radius 2 is 2.33 bits per heavy atom. The number of hydrogen-bond acceptors (Lipinski definition) is 2. The summed E-state index contributed by atoms with van der Waals surface area (Å²) in [6, 6.07) is 0. The summed E-state index contributed by atoms with van der Waals surface area (Å²) < 4.78 is 21.8. The van der Waals surface area contributed by atoms with E-state index in [1.807, 2.05) is 6.92 Å². The summed E-state index contributed by atoms with van der Waals surface area (Å²) in [7, 11) is 0. The van der Waals surface area contributed by atoms with Crippen LogP contribution in [0.15, 0.2) is 0 Å². The molecule has 1 heterocycles. The quantitative estimate of drug-likeness (QED) is 0.534. The van der Waals surface area contributed by atoms with E-state index in [-0.39, 0.29) is 19.0 Å². The van der Waals surface area contributed by atoms with Gasteiger partial charge in [0.1, 0.15) is 13.5 Å². The average Bonchev–Trinajstić information content (AvgIpc) is 1.88. The molecule has 2 unspecified atom stereocenters. The molecule has 0 aliphatic carbocycles. The van der Waals surface area contributed by atoms with Gasteiger partial charge in [-0.05, 0) is 6.92 Å². The minimum Gasteiger partial charge on any atom is -0.352 e. The summed E-state index contributed by atoms with van der Waals surface area (Å²) in [6.07, 6.45) is 0.601. The molecule has 0 N–H and O–H groups in total. The number of alkyl halides is 1. The first kappa shape index (κ1) is 6.96. The summed E-state index contributed by atoms with van der Waals surface area (Å²) in [4.78, 5) is 0. The maximum Gasteiger partial charge on any atom is 0.147 e. The van der Waals surface area contributed by atoms with Gasteiger partial charge in [0.25, 0.3) is 0 Å². The fraction of sp³-hybridized carbons (Fsp3) is 1.00. The maximum absolute atomic E-state index is 11.9. The standard InChI is InChI=1S/C6H11FO2/c1-5-2-6(3-7)9-4-8-5/h5-6H,2-4H2,1H3. The molecular formula is C6H11FO2. The largest absolute Gasteiger partial charge is 0.352 e. The Kier molecular flexibility index (Phi) is 2.42. The molecule has 2 nitrogen and oxygen atoms in total. The van der Waals surface area contributed by atoms with E-state index in [0.717, 1.165) is 0 Å². The molecule has 1 aliphatic heterocycles. The van der Waals surface area contributed by atoms with Gasteiger partial charge in [0, 0.05) is 6.42 Å². The van der Waals surface area contributed by atoms with E-state index < -0.39 is 6.67 Å². The van der Waals surface area contributed by atoms with E-state index in [9.17, 15) is 4.39 Å². The molecular weight excluding hydrogens is 123 g/mol. The zero-order valence-electron chi connectivity index (χ0n) is 5.47. The molecule has 3 heteroatoms. The van der Waals surface area contributed by atoms with Gasteiger partial charge in [-0.2, -0.15) is 0 Å². The summed E-state index contributed by atoms with van der Waals surface area (Å²) in [6.45, 7) is 1.77. The van der Waals surface area contributed by atoms with Gasteiger partial charge in [-0.1, -0.05) is 0 Å². The first-order valence-electron chi connectivity index (χ1n) is 3.12. The van der Waals surface area contributed by atoms with Crippen LogP contribution in [-0.2, 0) is 9.47 Å². The first-order chi connectivity index (χ1) is 4.33. The predicted octanol–water partition coefficient (Wildman–Crippen LogP) is 1.11. The molecule has 0 saturated carbocycles. The zero-order valence-corrected chi connectivity index (χ0v) is 5.47. The summed E-state index contributed by atoms with van der Waals surface area (Å²) in [5.41, 5.74) is 0. The maximum atomic E-state index is 11.9. The minimum absolute atomic E-state index is 0.152. The highest BCUT2D eigenvalue weighted by atomic mass is 19.1. The van der Waals surface area contributed by atoms with Crippen LogP contribution in [0.25, 0.3) is 0 Å².